The largest absolute Gasteiger partial charge is 0.383 e. The Morgan fingerprint density at radius 3 is 2.79 bits per heavy atom. The fourth-order valence-electron chi connectivity index (χ4n) is 2.78. The van der Waals surface area contributed by atoms with Crippen molar-refractivity contribution in [2.24, 2.45) is 0 Å². The average Bonchev–Trinajstić information content (AvgIpc) is 2.61. The number of nitro groups is 1. The van der Waals surface area contributed by atoms with Gasteiger partial charge in [-0.2, -0.15) is 0 Å². The predicted octanol–water partition coefficient (Wildman–Crippen LogP) is 2.81. The van der Waals surface area contributed by atoms with Crippen LogP contribution in [0.25, 0.3) is 0 Å². The minimum Gasteiger partial charge on any atom is -0.383 e. The number of carbonyl (C=O) groups excluding carboxylic acids is 1. The second-order valence-corrected chi connectivity index (χ2v) is 5.44. The minimum atomic E-state index is -0.484. The molecule has 1 aliphatic heterocycles. The van der Waals surface area contributed by atoms with E-state index in [1.165, 1.54) is 12.1 Å². The van der Waals surface area contributed by atoms with Gasteiger partial charge in [-0.15, -0.1) is 0 Å². The van der Waals surface area contributed by atoms with E-state index >= 15 is 0 Å². The fourth-order valence-corrected chi connectivity index (χ4v) is 2.78. The zero-order valence-corrected chi connectivity index (χ0v) is 13.1. The third-order valence-corrected chi connectivity index (χ3v) is 3.96. The number of carbonyl (C=O) groups is 1. The highest BCUT2D eigenvalue weighted by molar-refractivity contribution is 6.01. The number of nitrogens with one attached hydrogen (secondary N) is 1. The third kappa shape index (κ3) is 2.93. The molecule has 2 aromatic carbocycles. The molecule has 1 aliphatic rings. The van der Waals surface area contributed by atoms with Crippen LogP contribution in [-0.4, -0.2) is 36.0 Å². The summed E-state index contributed by atoms with van der Waals surface area (Å²) in [5.41, 5.74) is 1.94. The van der Waals surface area contributed by atoms with Gasteiger partial charge in [-0.3, -0.25) is 14.9 Å². The molecule has 0 spiro atoms. The second-order valence-electron chi connectivity index (χ2n) is 5.44. The number of hydrogen-bond acceptors (Lipinski definition) is 5. The summed E-state index contributed by atoms with van der Waals surface area (Å²) < 4.78 is 5.10. The molecule has 2 aromatic rings. The van der Waals surface area contributed by atoms with Crippen LogP contribution in [0.15, 0.2) is 48.5 Å². The molecule has 0 aromatic heterocycles. The number of rotatable bonds is 5. The third-order valence-electron chi connectivity index (χ3n) is 3.96. The van der Waals surface area contributed by atoms with Crippen LogP contribution in [-0.2, 0) is 4.74 Å². The number of methoxy groups -OCH3 is 1. The van der Waals surface area contributed by atoms with Crippen LogP contribution in [0.5, 0.6) is 0 Å². The molecule has 0 saturated carbocycles. The minimum absolute atomic E-state index is 0.00713. The maximum Gasteiger partial charge on any atom is 0.269 e. The number of fused-ring (bicyclic) bond motifs is 1. The van der Waals surface area contributed by atoms with Crippen LogP contribution >= 0.6 is 0 Å². The van der Waals surface area contributed by atoms with Gasteiger partial charge in [-0.25, -0.2) is 0 Å². The molecule has 7 heteroatoms. The Balaban J connectivity index is 2.02. The van der Waals surface area contributed by atoms with Gasteiger partial charge >= 0.3 is 0 Å². The Hall–Kier alpha value is -2.93. The van der Waals surface area contributed by atoms with Crippen LogP contribution in [0.2, 0.25) is 0 Å². The molecular weight excluding hydrogens is 310 g/mol. The van der Waals surface area contributed by atoms with Crippen LogP contribution in [0.1, 0.15) is 22.1 Å². The van der Waals surface area contributed by atoms with Crippen LogP contribution in [0, 0.1) is 10.1 Å². The van der Waals surface area contributed by atoms with Crippen molar-refractivity contribution >= 4 is 17.3 Å². The van der Waals surface area contributed by atoms with Gasteiger partial charge in [0.25, 0.3) is 11.6 Å². The number of benzene rings is 2. The maximum atomic E-state index is 12.8. The summed E-state index contributed by atoms with van der Waals surface area (Å²) >= 11 is 0. The summed E-state index contributed by atoms with van der Waals surface area (Å²) in [6.45, 7) is 0.755. The molecule has 0 fully saturated rings. The number of non-ortho nitro benzene ring substituents is 1. The van der Waals surface area contributed by atoms with E-state index in [0.717, 1.165) is 0 Å². The summed E-state index contributed by atoms with van der Waals surface area (Å²) in [7, 11) is 1.57. The van der Waals surface area contributed by atoms with Gasteiger partial charge in [-0.1, -0.05) is 24.3 Å². The van der Waals surface area contributed by atoms with Crippen molar-refractivity contribution in [2.45, 2.75) is 6.17 Å². The lowest BCUT2D eigenvalue weighted by molar-refractivity contribution is -0.384. The quantitative estimate of drug-likeness (QED) is 0.674. The summed E-state index contributed by atoms with van der Waals surface area (Å²) in [5, 5.41) is 14.3. The first kappa shape index (κ1) is 15.9. The molecule has 0 bridgehead atoms. The molecule has 0 saturated heterocycles. The van der Waals surface area contributed by atoms with Gasteiger partial charge in [-0.05, 0) is 12.1 Å². The van der Waals surface area contributed by atoms with Crippen molar-refractivity contribution in [3.05, 3.63) is 69.8 Å². The van der Waals surface area contributed by atoms with Crippen molar-refractivity contribution in [3.63, 3.8) is 0 Å². The summed E-state index contributed by atoms with van der Waals surface area (Å²) in [6.07, 6.45) is -0.484. The Morgan fingerprint density at radius 1 is 1.25 bits per heavy atom. The van der Waals surface area contributed by atoms with E-state index in [4.69, 9.17) is 4.74 Å². The number of nitrogens with zero attached hydrogens (tertiary/aromatic N) is 2. The van der Waals surface area contributed by atoms with E-state index in [0.29, 0.717) is 30.0 Å². The standard InChI is InChI=1S/C17H17N3O4/c1-24-10-9-19-16(12-5-4-6-13(11-12)20(22)23)18-15-8-3-2-7-14(15)17(19)21/h2-8,11,16,18H,9-10H2,1H3. The molecule has 1 heterocycles. The van der Waals surface area contributed by atoms with Crippen molar-refractivity contribution in [1.82, 2.24) is 4.90 Å². The number of nitro benzene ring substituents is 1. The Labute approximate surface area is 139 Å². The highest BCUT2D eigenvalue weighted by Gasteiger charge is 2.33. The second kappa shape index (κ2) is 6.67. The zero-order valence-electron chi connectivity index (χ0n) is 13.1. The fraction of sp³-hybridized carbons (Fsp3) is 0.235. The molecule has 1 amide bonds. The average molecular weight is 327 g/mol. The summed E-state index contributed by atoms with van der Waals surface area (Å²) in [6, 6.07) is 13.5. The normalized spacial score (nSPS) is 16.5. The number of para-hydroxylation sites is 1. The van der Waals surface area contributed by atoms with Crippen LogP contribution in [0.3, 0.4) is 0 Å². The first-order valence-corrected chi connectivity index (χ1v) is 7.51. The topological polar surface area (TPSA) is 84.7 Å². The van der Waals surface area contributed by atoms with E-state index in [1.807, 2.05) is 12.1 Å². The van der Waals surface area contributed by atoms with Crippen molar-refractivity contribution in [2.75, 3.05) is 25.6 Å². The first-order chi connectivity index (χ1) is 11.6. The molecule has 1 N–H and O–H groups in total. The molecule has 1 unspecified atom stereocenters. The van der Waals surface area contributed by atoms with Crippen molar-refractivity contribution in [3.8, 4) is 0 Å². The maximum absolute atomic E-state index is 12.8. The smallest absolute Gasteiger partial charge is 0.269 e. The molecule has 0 radical (unpaired) electrons. The van der Waals surface area contributed by atoms with Crippen molar-refractivity contribution in [1.29, 1.82) is 0 Å². The van der Waals surface area contributed by atoms with E-state index < -0.39 is 11.1 Å². The molecule has 0 aliphatic carbocycles. The summed E-state index contributed by atoms with van der Waals surface area (Å²) in [4.78, 5) is 25.0. The number of anilines is 1. The predicted molar refractivity (Wildman–Crippen MR) is 88.8 cm³/mol. The highest BCUT2D eigenvalue weighted by atomic mass is 16.6. The van der Waals surface area contributed by atoms with E-state index in [1.54, 1.807) is 36.3 Å². The number of hydrogen-bond donors (Lipinski definition) is 1. The Bertz CT molecular complexity index is 778. The van der Waals surface area contributed by atoms with E-state index in [2.05, 4.69) is 5.32 Å². The lowest BCUT2D eigenvalue weighted by Gasteiger charge is -2.38. The van der Waals surface area contributed by atoms with Gasteiger partial charge in [0.15, 0.2) is 0 Å². The molecule has 24 heavy (non-hydrogen) atoms. The first-order valence-electron chi connectivity index (χ1n) is 7.51. The van der Waals surface area contributed by atoms with Gasteiger partial charge in [0.2, 0.25) is 0 Å². The number of ether oxygens (including phenoxy) is 1. The Kier molecular flexibility index (Phi) is 4.43. The van der Waals surface area contributed by atoms with Gasteiger partial charge in [0, 0.05) is 37.0 Å². The Morgan fingerprint density at radius 2 is 2.04 bits per heavy atom. The van der Waals surface area contributed by atoms with E-state index in [9.17, 15) is 14.9 Å². The lowest BCUT2D eigenvalue weighted by atomic mass is 10.0. The molecule has 3 rings (SSSR count). The van der Waals surface area contributed by atoms with E-state index in [-0.39, 0.29) is 11.6 Å². The molecule has 1 atom stereocenters. The van der Waals surface area contributed by atoms with Crippen LogP contribution in [0.4, 0.5) is 11.4 Å². The highest BCUT2D eigenvalue weighted by Crippen LogP contribution is 2.33. The zero-order chi connectivity index (χ0) is 17.1. The molecule has 7 nitrogen and oxygen atoms in total. The van der Waals surface area contributed by atoms with Gasteiger partial charge in [0.1, 0.15) is 6.17 Å². The van der Waals surface area contributed by atoms with Crippen molar-refractivity contribution < 1.29 is 14.5 Å². The molecular formula is C17H17N3O4. The number of amides is 1. The monoisotopic (exact) mass is 327 g/mol. The SMILES string of the molecule is COCCN1C(=O)c2ccccc2NC1c1cccc([N+](=O)[O-])c1. The van der Waals surface area contributed by atoms with Crippen LogP contribution < -0.4 is 5.32 Å². The molecule has 124 valence electrons. The van der Waals surface area contributed by atoms with Gasteiger partial charge in [0.05, 0.1) is 17.1 Å². The summed E-state index contributed by atoms with van der Waals surface area (Å²) in [5.74, 6) is -0.127. The lowest BCUT2D eigenvalue weighted by Crippen LogP contribution is -2.44. The van der Waals surface area contributed by atoms with Gasteiger partial charge < -0.3 is 15.0 Å².